The second kappa shape index (κ2) is 9.62. The zero-order valence-corrected chi connectivity index (χ0v) is 17.1. The molecule has 1 aromatic heterocycles. The van der Waals surface area contributed by atoms with Crippen LogP contribution in [0.2, 0.25) is 0 Å². The highest BCUT2D eigenvalue weighted by Gasteiger charge is 2.30. The molecule has 30 heavy (non-hydrogen) atoms. The first-order valence-electron chi connectivity index (χ1n) is 10.7. The van der Waals surface area contributed by atoms with Crippen LogP contribution in [-0.4, -0.2) is 47.8 Å². The summed E-state index contributed by atoms with van der Waals surface area (Å²) in [6.45, 7) is 1.65. The molecule has 1 unspecified atom stereocenters. The van der Waals surface area contributed by atoms with Crippen molar-refractivity contribution in [1.82, 2.24) is 4.90 Å². The minimum Gasteiger partial charge on any atom is -0.467 e. The third-order valence-corrected chi connectivity index (χ3v) is 5.97. The van der Waals surface area contributed by atoms with E-state index < -0.39 is 6.10 Å². The van der Waals surface area contributed by atoms with Crippen LogP contribution in [0.4, 0.5) is 10.1 Å². The van der Waals surface area contributed by atoms with E-state index in [1.807, 2.05) is 15.9 Å². The first kappa shape index (κ1) is 20.9. The molecule has 1 amide bonds. The van der Waals surface area contributed by atoms with Crippen molar-refractivity contribution in [2.24, 2.45) is 0 Å². The summed E-state index contributed by atoms with van der Waals surface area (Å²) < 4.78 is 24.8. The molecule has 162 valence electrons. The molecule has 1 atom stereocenters. The summed E-state index contributed by atoms with van der Waals surface area (Å²) in [6.07, 6.45) is 5.54. The quantitative estimate of drug-likeness (QED) is 0.749. The van der Waals surface area contributed by atoms with E-state index >= 15 is 0 Å². The van der Waals surface area contributed by atoms with E-state index in [9.17, 15) is 14.3 Å². The zero-order valence-electron chi connectivity index (χ0n) is 17.1. The molecule has 0 radical (unpaired) electrons. The molecule has 0 saturated heterocycles. The standard InChI is InChI=1S/C23H29FN2O4/c24-18-7-8-22-17(12-18)13-26(19-4-1-2-5-19)23(28)9-10-25(22)14-20(27)15-29-16-21-6-3-11-30-21/h3,6-8,11-12,19-20,27H,1-2,4-5,9-10,13-16H2. The number of rotatable bonds is 7. The van der Waals surface area contributed by atoms with Crippen molar-refractivity contribution in [2.75, 3.05) is 24.6 Å². The molecule has 0 bridgehead atoms. The molecule has 1 aliphatic heterocycles. The summed E-state index contributed by atoms with van der Waals surface area (Å²) in [5.41, 5.74) is 1.66. The van der Waals surface area contributed by atoms with E-state index in [1.54, 1.807) is 18.4 Å². The van der Waals surface area contributed by atoms with Gasteiger partial charge in [0, 0.05) is 37.8 Å². The summed E-state index contributed by atoms with van der Waals surface area (Å²) >= 11 is 0. The third-order valence-electron chi connectivity index (χ3n) is 5.97. The van der Waals surface area contributed by atoms with Crippen LogP contribution in [0.5, 0.6) is 0 Å². The maximum atomic E-state index is 14.0. The van der Waals surface area contributed by atoms with Crippen molar-refractivity contribution >= 4 is 11.6 Å². The van der Waals surface area contributed by atoms with Gasteiger partial charge < -0.3 is 24.1 Å². The van der Waals surface area contributed by atoms with Crippen LogP contribution in [0.15, 0.2) is 41.0 Å². The maximum Gasteiger partial charge on any atom is 0.224 e. The van der Waals surface area contributed by atoms with E-state index in [1.165, 1.54) is 12.1 Å². The number of nitrogens with zero attached hydrogens (tertiary/aromatic N) is 2. The van der Waals surface area contributed by atoms with Crippen LogP contribution in [-0.2, 0) is 22.7 Å². The second-order valence-corrected chi connectivity index (χ2v) is 8.18. The third kappa shape index (κ3) is 5.02. The molecule has 4 rings (SSSR count). The lowest BCUT2D eigenvalue weighted by molar-refractivity contribution is -0.134. The van der Waals surface area contributed by atoms with Crippen molar-refractivity contribution < 1.29 is 23.4 Å². The molecule has 6 nitrogen and oxygen atoms in total. The van der Waals surface area contributed by atoms with E-state index in [4.69, 9.17) is 9.15 Å². The molecule has 7 heteroatoms. The first-order chi connectivity index (χ1) is 14.6. The first-order valence-corrected chi connectivity index (χ1v) is 10.7. The lowest BCUT2D eigenvalue weighted by Crippen LogP contribution is -2.44. The van der Waals surface area contributed by atoms with Crippen molar-refractivity contribution in [3.8, 4) is 0 Å². The Bertz CT molecular complexity index is 836. The van der Waals surface area contributed by atoms with Gasteiger partial charge in [-0.1, -0.05) is 12.8 Å². The molecule has 1 N–H and O–H groups in total. The Hall–Kier alpha value is -2.38. The van der Waals surface area contributed by atoms with Gasteiger partial charge in [-0.2, -0.15) is 0 Å². The summed E-state index contributed by atoms with van der Waals surface area (Å²) in [7, 11) is 0. The predicted molar refractivity (Wildman–Crippen MR) is 110 cm³/mol. The highest BCUT2D eigenvalue weighted by atomic mass is 19.1. The van der Waals surface area contributed by atoms with Gasteiger partial charge >= 0.3 is 0 Å². The Balaban J connectivity index is 1.45. The smallest absolute Gasteiger partial charge is 0.224 e. The van der Waals surface area contributed by atoms with Gasteiger partial charge in [-0.3, -0.25) is 4.79 Å². The number of benzene rings is 1. The predicted octanol–water partition coefficient (Wildman–Crippen LogP) is 3.48. The van der Waals surface area contributed by atoms with Gasteiger partial charge in [-0.15, -0.1) is 0 Å². The van der Waals surface area contributed by atoms with Crippen molar-refractivity contribution in [3.05, 3.63) is 53.7 Å². The number of aliphatic hydroxyl groups is 1. The lowest BCUT2D eigenvalue weighted by atomic mass is 10.0. The Labute approximate surface area is 176 Å². The fourth-order valence-electron chi connectivity index (χ4n) is 4.49. The summed E-state index contributed by atoms with van der Waals surface area (Å²) in [4.78, 5) is 16.8. The minimum absolute atomic E-state index is 0.102. The second-order valence-electron chi connectivity index (χ2n) is 8.18. The highest BCUT2D eigenvalue weighted by Crippen LogP contribution is 2.31. The van der Waals surface area contributed by atoms with E-state index in [-0.39, 0.29) is 24.4 Å². The molecule has 2 heterocycles. The SMILES string of the molecule is O=C1CCN(CC(O)COCc2ccco2)c2ccc(F)cc2CN1C1CCCC1. The van der Waals surface area contributed by atoms with Gasteiger partial charge in [-0.05, 0) is 48.7 Å². The van der Waals surface area contributed by atoms with Gasteiger partial charge in [0.1, 0.15) is 18.2 Å². The van der Waals surface area contributed by atoms with Gasteiger partial charge in [0.2, 0.25) is 5.91 Å². The van der Waals surface area contributed by atoms with Crippen LogP contribution in [0, 0.1) is 5.82 Å². The molecular weight excluding hydrogens is 387 g/mol. The van der Waals surface area contributed by atoms with Crippen LogP contribution >= 0.6 is 0 Å². The zero-order chi connectivity index (χ0) is 20.9. The van der Waals surface area contributed by atoms with Gasteiger partial charge in [-0.25, -0.2) is 4.39 Å². The Kier molecular flexibility index (Phi) is 6.69. The number of aliphatic hydroxyl groups excluding tert-OH is 1. The molecular formula is C23H29FN2O4. The number of amides is 1. The summed E-state index contributed by atoms with van der Waals surface area (Å²) in [5.74, 6) is 0.493. The van der Waals surface area contributed by atoms with Gasteiger partial charge in [0.25, 0.3) is 0 Å². The van der Waals surface area contributed by atoms with E-state index in [0.717, 1.165) is 36.9 Å². The fourth-order valence-corrected chi connectivity index (χ4v) is 4.49. The molecule has 1 fully saturated rings. The number of furan rings is 1. The van der Waals surface area contributed by atoms with Crippen molar-refractivity contribution in [2.45, 2.75) is 57.4 Å². The van der Waals surface area contributed by atoms with E-state index in [0.29, 0.717) is 38.4 Å². The number of β-amino-alcohol motifs (C(OH)–C–C–N with tert-alkyl or cyclic N) is 1. The van der Waals surface area contributed by atoms with Crippen molar-refractivity contribution in [3.63, 3.8) is 0 Å². The largest absolute Gasteiger partial charge is 0.467 e. The van der Waals surface area contributed by atoms with Crippen LogP contribution in [0.25, 0.3) is 0 Å². The molecule has 2 aliphatic rings. The molecule has 1 aliphatic carbocycles. The highest BCUT2D eigenvalue weighted by molar-refractivity contribution is 5.78. The van der Waals surface area contributed by atoms with E-state index in [2.05, 4.69) is 0 Å². The fraction of sp³-hybridized carbons (Fsp3) is 0.522. The molecule has 1 aromatic carbocycles. The van der Waals surface area contributed by atoms with Crippen LogP contribution in [0.1, 0.15) is 43.4 Å². The lowest BCUT2D eigenvalue weighted by Gasteiger charge is -2.36. The minimum atomic E-state index is -0.738. The normalized spacial score (nSPS) is 18.9. The maximum absolute atomic E-state index is 14.0. The number of fused-ring (bicyclic) bond motifs is 1. The monoisotopic (exact) mass is 416 g/mol. The molecule has 0 spiro atoms. The number of hydrogen-bond donors (Lipinski definition) is 1. The number of hydrogen-bond acceptors (Lipinski definition) is 5. The number of carbonyl (C=O) groups excluding carboxylic acids is 1. The average molecular weight is 416 g/mol. The average Bonchev–Trinajstić information content (AvgIpc) is 3.42. The van der Waals surface area contributed by atoms with Crippen LogP contribution < -0.4 is 4.90 Å². The number of anilines is 1. The molecule has 2 aromatic rings. The topological polar surface area (TPSA) is 66.2 Å². The summed E-state index contributed by atoms with van der Waals surface area (Å²) in [6, 6.07) is 8.57. The molecule has 1 saturated carbocycles. The van der Waals surface area contributed by atoms with Crippen molar-refractivity contribution in [1.29, 1.82) is 0 Å². The van der Waals surface area contributed by atoms with Gasteiger partial charge in [0.05, 0.1) is 19.0 Å². The summed E-state index contributed by atoms with van der Waals surface area (Å²) in [5, 5.41) is 10.5. The van der Waals surface area contributed by atoms with Gasteiger partial charge in [0.15, 0.2) is 0 Å². The van der Waals surface area contributed by atoms with Crippen LogP contribution in [0.3, 0.4) is 0 Å². The Morgan fingerprint density at radius 1 is 1.27 bits per heavy atom. The number of halogens is 1. The number of carbonyl (C=O) groups is 1. The number of ether oxygens (including phenoxy) is 1. The Morgan fingerprint density at radius 2 is 2.10 bits per heavy atom. The Morgan fingerprint density at radius 3 is 2.87 bits per heavy atom.